The van der Waals surface area contributed by atoms with Crippen molar-refractivity contribution in [1.82, 2.24) is 5.32 Å². The fourth-order valence-corrected chi connectivity index (χ4v) is 2.94. The van der Waals surface area contributed by atoms with E-state index in [0.29, 0.717) is 17.9 Å². The molecule has 3 aromatic rings. The molecule has 0 fully saturated rings. The summed E-state index contributed by atoms with van der Waals surface area (Å²) in [6.07, 6.45) is 0. The molecule has 0 heterocycles. The summed E-state index contributed by atoms with van der Waals surface area (Å²) in [5, 5.41) is 5.70. The third-order valence-electron chi connectivity index (χ3n) is 4.64. The van der Waals surface area contributed by atoms with Gasteiger partial charge in [0.2, 0.25) is 5.91 Å². The summed E-state index contributed by atoms with van der Waals surface area (Å²) < 4.78 is 5.77. The largest absolute Gasteiger partial charge is 0.489 e. The maximum Gasteiger partial charge on any atom is 0.251 e. The molecule has 0 saturated heterocycles. The molecule has 0 aliphatic carbocycles. The number of carbonyl (C=O) groups is 2. The molecule has 2 N–H and O–H groups in total. The summed E-state index contributed by atoms with van der Waals surface area (Å²) in [6, 6.07) is 25.3. The minimum absolute atomic E-state index is 0.0638. The van der Waals surface area contributed by atoms with E-state index in [-0.39, 0.29) is 17.7 Å². The first kappa shape index (κ1) is 21.1. The molecule has 0 unspecified atom stereocenters. The lowest BCUT2D eigenvalue weighted by atomic mass is 10.0. The molecular formula is C25H26N2O3. The highest BCUT2D eigenvalue weighted by Gasteiger charge is 2.24. The van der Waals surface area contributed by atoms with Gasteiger partial charge in [0.15, 0.2) is 0 Å². The lowest BCUT2D eigenvalue weighted by Crippen LogP contribution is -2.47. The Balaban J connectivity index is 1.58. The molecule has 0 radical (unpaired) electrons. The number of hydrogen-bond acceptors (Lipinski definition) is 3. The van der Waals surface area contributed by atoms with Gasteiger partial charge in [0, 0.05) is 11.3 Å². The van der Waals surface area contributed by atoms with Crippen LogP contribution in [0.15, 0.2) is 84.9 Å². The molecule has 0 aliphatic rings. The number of carbonyl (C=O) groups excluding carboxylic acids is 2. The molecule has 30 heavy (non-hydrogen) atoms. The molecule has 3 rings (SSSR count). The third kappa shape index (κ3) is 5.95. The summed E-state index contributed by atoms with van der Waals surface area (Å²) >= 11 is 0. The van der Waals surface area contributed by atoms with Crippen molar-refractivity contribution >= 4 is 17.5 Å². The Bertz CT molecular complexity index is 955. The summed E-state index contributed by atoms with van der Waals surface area (Å²) in [5.74, 6) is 0.127. The molecular weight excluding hydrogens is 376 g/mol. The minimum atomic E-state index is -0.647. The van der Waals surface area contributed by atoms with Crippen LogP contribution in [0.1, 0.15) is 29.8 Å². The summed E-state index contributed by atoms with van der Waals surface area (Å²) in [6.45, 7) is 4.28. The van der Waals surface area contributed by atoms with Crippen LogP contribution in [0.5, 0.6) is 5.75 Å². The molecule has 5 nitrogen and oxygen atoms in total. The highest BCUT2D eigenvalue weighted by atomic mass is 16.5. The molecule has 154 valence electrons. The van der Waals surface area contributed by atoms with Gasteiger partial charge in [-0.25, -0.2) is 0 Å². The van der Waals surface area contributed by atoms with Crippen molar-refractivity contribution in [1.29, 1.82) is 0 Å². The Kier molecular flexibility index (Phi) is 7.22. The van der Waals surface area contributed by atoms with Crippen molar-refractivity contribution in [2.45, 2.75) is 26.5 Å². The van der Waals surface area contributed by atoms with Crippen LogP contribution in [0.3, 0.4) is 0 Å². The molecule has 3 aromatic carbocycles. The van der Waals surface area contributed by atoms with Crippen LogP contribution in [0, 0.1) is 5.92 Å². The lowest BCUT2D eigenvalue weighted by Gasteiger charge is -2.22. The molecule has 0 spiro atoms. The highest BCUT2D eigenvalue weighted by Crippen LogP contribution is 2.18. The molecule has 0 bridgehead atoms. The number of benzene rings is 3. The Labute approximate surface area is 177 Å². The number of rotatable bonds is 8. The zero-order valence-corrected chi connectivity index (χ0v) is 17.2. The minimum Gasteiger partial charge on any atom is -0.489 e. The number of ether oxygens (including phenoxy) is 1. The fourth-order valence-electron chi connectivity index (χ4n) is 2.94. The van der Waals surface area contributed by atoms with Crippen molar-refractivity contribution in [2.24, 2.45) is 5.92 Å². The SMILES string of the molecule is CC(C)[C@@H](NC(=O)c1ccccc1)C(=O)Nc1ccc(OCc2ccccc2)cc1. The Hall–Kier alpha value is -3.60. The third-order valence-corrected chi connectivity index (χ3v) is 4.64. The van der Waals surface area contributed by atoms with Gasteiger partial charge in [-0.05, 0) is 47.9 Å². The second-order valence-electron chi connectivity index (χ2n) is 7.35. The number of hydrogen-bond donors (Lipinski definition) is 2. The van der Waals surface area contributed by atoms with Crippen LogP contribution in [0.4, 0.5) is 5.69 Å². The summed E-state index contributed by atoms with van der Waals surface area (Å²) in [4.78, 5) is 25.2. The Morgan fingerprint density at radius 2 is 1.43 bits per heavy atom. The lowest BCUT2D eigenvalue weighted by molar-refractivity contribution is -0.118. The van der Waals surface area contributed by atoms with Gasteiger partial charge >= 0.3 is 0 Å². The smallest absolute Gasteiger partial charge is 0.251 e. The van der Waals surface area contributed by atoms with E-state index < -0.39 is 6.04 Å². The second-order valence-corrected chi connectivity index (χ2v) is 7.35. The normalized spacial score (nSPS) is 11.6. The average molecular weight is 402 g/mol. The topological polar surface area (TPSA) is 67.4 Å². The summed E-state index contributed by atoms with van der Waals surface area (Å²) in [5.41, 5.74) is 2.26. The van der Waals surface area contributed by atoms with Gasteiger partial charge in [0.1, 0.15) is 18.4 Å². The van der Waals surface area contributed by atoms with Gasteiger partial charge in [0.05, 0.1) is 0 Å². The van der Waals surface area contributed by atoms with E-state index >= 15 is 0 Å². The van der Waals surface area contributed by atoms with Crippen molar-refractivity contribution in [3.8, 4) is 5.75 Å². The van der Waals surface area contributed by atoms with E-state index in [0.717, 1.165) is 11.3 Å². The second kappa shape index (κ2) is 10.3. The van der Waals surface area contributed by atoms with Crippen molar-refractivity contribution in [3.63, 3.8) is 0 Å². The quantitative estimate of drug-likeness (QED) is 0.576. The van der Waals surface area contributed by atoms with E-state index in [1.165, 1.54) is 0 Å². The molecule has 2 amide bonds. The van der Waals surface area contributed by atoms with Gasteiger partial charge in [-0.2, -0.15) is 0 Å². The highest BCUT2D eigenvalue weighted by molar-refractivity contribution is 6.01. The van der Waals surface area contributed by atoms with Crippen LogP contribution < -0.4 is 15.4 Å². The van der Waals surface area contributed by atoms with Crippen LogP contribution in [0.2, 0.25) is 0 Å². The van der Waals surface area contributed by atoms with Crippen molar-refractivity contribution < 1.29 is 14.3 Å². The van der Waals surface area contributed by atoms with Crippen LogP contribution in [-0.4, -0.2) is 17.9 Å². The first-order chi connectivity index (χ1) is 14.5. The molecule has 0 aromatic heterocycles. The van der Waals surface area contributed by atoms with E-state index in [1.807, 2.05) is 62.4 Å². The van der Waals surface area contributed by atoms with Gasteiger partial charge in [-0.15, -0.1) is 0 Å². The predicted molar refractivity (Wildman–Crippen MR) is 118 cm³/mol. The van der Waals surface area contributed by atoms with E-state index in [1.54, 1.807) is 36.4 Å². The zero-order valence-electron chi connectivity index (χ0n) is 17.2. The monoisotopic (exact) mass is 402 g/mol. The van der Waals surface area contributed by atoms with Crippen molar-refractivity contribution in [3.05, 3.63) is 96.1 Å². The fraction of sp³-hybridized carbons (Fsp3) is 0.200. The number of anilines is 1. The van der Waals surface area contributed by atoms with Gasteiger partial charge in [0.25, 0.3) is 5.91 Å². The van der Waals surface area contributed by atoms with Crippen LogP contribution in [-0.2, 0) is 11.4 Å². The Morgan fingerprint density at radius 1 is 0.833 bits per heavy atom. The first-order valence-corrected chi connectivity index (χ1v) is 9.96. The summed E-state index contributed by atoms with van der Waals surface area (Å²) in [7, 11) is 0. The zero-order chi connectivity index (χ0) is 21.3. The van der Waals surface area contributed by atoms with E-state index in [2.05, 4.69) is 10.6 Å². The van der Waals surface area contributed by atoms with Crippen molar-refractivity contribution in [2.75, 3.05) is 5.32 Å². The van der Waals surface area contributed by atoms with Crippen LogP contribution in [0.25, 0.3) is 0 Å². The van der Waals surface area contributed by atoms with Gasteiger partial charge < -0.3 is 15.4 Å². The number of nitrogens with one attached hydrogen (secondary N) is 2. The maximum atomic E-state index is 12.8. The van der Waals surface area contributed by atoms with Gasteiger partial charge in [-0.1, -0.05) is 62.4 Å². The van der Waals surface area contributed by atoms with E-state index in [4.69, 9.17) is 4.74 Å². The molecule has 1 atom stereocenters. The average Bonchev–Trinajstić information content (AvgIpc) is 2.78. The predicted octanol–water partition coefficient (Wildman–Crippen LogP) is 4.66. The Morgan fingerprint density at radius 3 is 2.03 bits per heavy atom. The number of amides is 2. The van der Waals surface area contributed by atoms with E-state index in [9.17, 15) is 9.59 Å². The maximum absolute atomic E-state index is 12.8. The standard InChI is InChI=1S/C25H26N2O3/c1-18(2)23(27-24(28)20-11-7-4-8-12-20)25(29)26-21-13-15-22(16-14-21)30-17-19-9-5-3-6-10-19/h3-16,18,23H,17H2,1-2H3,(H,26,29)(H,27,28)/t23-/m1/s1. The van der Waals surface area contributed by atoms with Gasteiger partial charge in [-0.3, -0.25) is 9.59 Å². The first-order valence-electron chi connectivity index (χ1n) is 9.96. The van der Waals surface area contributed by atoms with Crippen LogP contribution >= 0.6 is 0 Å². The molecule has 0 aliphatic heterocycles. The molecule has 0 saturated carbocycles. The molecule has 5 heteroatoms.